The highest BCUT2D eigenvalue weighted by atomic mass is 16.4. The highest BCUT2D eigenvalue weighted by molar-refractivity contribution is 5.90. The van der Waals surface area contributed by atoms with Gasteiger partial charge in [-0.3, -0.25) is 9.59 Å². The predicted octanol–water partition coefficient (Wildman–Crippen LogP) is 0.355. The number of aromatic nitrogens is 4. The molecule has 0 atom stereocenters. The number of carbonyl (C=O) groups excluding carboxylic acids is 1. The zero-order valence-electron chi connectivity index (χ0n) is 10.6. The number of aromatic amines is 1. The van der Waals surface area contributed by atoms with Crippen LogP contribution in [0, 0.1) is 5.41 Å². The van der Waals surface area contributed by atoms with Gasteiger partial charge in [-0.1, -0.05) is 19.3 Å². The van der Waals surface area contributed by atoms with E-state index < -0.39 is 11.9 Å². The average molecular weight is 267 g/mol. The predicted molar refractivity (Wildman–Crippen MR) is 64.3 cm³/mol. The second-order valence-electron chi connectivity index (χ2n) is 5.05. The van der Waals surface area contributed by atoms with Crippen molar-refractivity contribution in [2.24, 2.45) is 5.41 Å². The number of carboxylic acids is 1. The highest BCUT2D eigenvalue weighted by Crippen LogP contribution is 2.38. The van der Waals surface area contributed by atoms with Crippen molar-refractivity contribution in [3.63, 3.8) is 0 Å². The van der Waals surface area contributed by atoms with E-state index in [0.717, 1.165) is 32.1 Å². The molecule has 104 valence electrons. The summed E-state index contributed by atoms with van der Waals surface area (Å²) in [5, 5.41) is 24.4. The fourth-order valence-electron chi connectivity index (χ4n) is 2.64. The van der Waals surface area contributed by atoms with Gasteiger partial charge in [-0.2, -0.15) is 5.21 Å². The lowest BCUT2D eigenvalue weighted by atomic mass is 9.71. The number of carbonyl (C=O) groups is 2. The van der Waals surface area contributed by atoms with E-state index in [1.54, 1.807) is 0 Å². The second kappa shape index (κ2) is 5.77. The number of nitrogens with zero attached hydrogens (tertiary/aromatic N) is 3. The van der Waals surface area contributed by atoms with E-state index in [9.17, 15) is 9.59 Å². The first-order valence-corrected chi connectivity index (χ1v) is 6.35. The van der Waals surface area contributed by atoms with Crippen LogP contribution in [0.15, 0.2) is 0 Å². The van der Waals surface area contributed by atoms with Crippen LogP contribution in [-0.4, -0.2) is 44.2 Å². The van der Waals surface area contributed by atoms with Gasteiger partial charge in [0.2, 0.25) is 0 Å². The van der Waals surface area contributed by atoms with Gasteiger partial charge in [0, 0.05) is 6.54 Å². The number of nitrogens with one attached hydrogen (secondary N) is 2. The van der Waals surface area contributed by atoms with Crippen LogP contribution in [0.3, 0.4) is 0 Å². The minimum atomic E-state index is -0.823. The standard InChI is InChI=1S/C11H17N5O3/c17-8(18)6-11(4-2-1-3-5-11)7-12-10(19)9-13-15-16-14-9/h1-7H2,(H,12,19)(H,17,18)(H,13,14,15,16). The van der Waals surface area contributed by atoms with Gasteiger partial charge in [0.15, 0.2) is 0 Å². The van der Waals surface area contributed by atoms with Crippen molar-refractivity contribution < 1.29 is 14.7 Å². The normalized spacial score (nSPS) is 17.9. The molecular weight excluding hydrogens is 250 g/mol. The summed E-state index contributed by atoms with van der Waals surface area (Å²) in [6, 6.07) is 0. The van der Waals surface area contributed by atoms with E-state index in [0.29, 0.717) is 6.54 Å². The largest absolute Gasteiger partial charge is 0.481 e. The number of carboxylic acid groups (broad SMARTS) is 1. The van der Waals surface area contributed by atoms with Gasteiger partial charge in [-0.05, 0) is 23.5 Å². The van der Waals surface area contributed by atoms with Crippen LogP contribution in [0.5, 0.6) is 0 Å². The average Bonchev–Trinajstić information content (AvgIpc) is 2.90. The molecular formula is C11H17N5O3. The van der Waals surface area contributed by atoms with E-state index in [1.165, 1.54) is 0 Å². The van der Waals surface area contributed by atoms with Crippen LogP contribution in [0.2, 0.25) is 0 Å². The third-order valence-electron chi connectivity index (χ3n) is 3.61. The molecule has 0 aromatic carbocycles. The van der Waals surface area contributed by atoms with E-state index in [2.05, 4.69) is 25.9 Å². The maximum absolute atomic E-state index is 11.7. The van der Waals surface area contributed by atoms with Crippen molar-refractivity contribution in [3.05, 3.63) is 5.82 Å². The highest BCUT2D eigenvalue weighted by Gasteiger charge is 2.35. The number of tetrazole rings is 1. The molecule has 0 spiro atoms. The minimum Gasteiger partial charge on any atom is -0.481 e. The summed E-state index contributed by atoms with van der Waals surface area (Å²) >= 11 is 0. The molecule has 3 N–H and O–H groups in total. The number of hydrogen-bond donors (Lipinski definition) is 3. The van der Waals surface area contributed by atoms with E-state index in [-0.39, 0.29) is 17.7 Å². The quantitative estimate of drug-likeness (QED) is 0.708. The van der Waals surface area contributed by atoms with Gasteiger partial charge in [0.05, 0.1) is 6.42 Å². The topological polar surface area (TPSA) is 121 Å². The summed E-state index contributed by atoms with van der Waals surface area (Å²) in [5.74, 6) is -1.28. The van der Waals surface area contributed by atoms with Crippen LogP contribution in [0.25, 0.3) is 0 Å². The molecule has 1 heterocycles. The molecule has 8 heteroatoms. The number of amides is 1. The molecule has 0 radical (unpaired) electrons. The number of rotatable bonds is 5. The van der Waals surface area contributed by atoms with E-state index in [4.69, 9.17) is 5.11 Å². The molecule has 8 nitrogen and oxygen atoms in total. The molecule has 1 aliphatic rings. The van der Waals surface area contributed by atoms with Crippen LogP contribution >= 0.6 is 0 Å². The maximum atomic E-state index is 11.7. The second-order valence-corrected chi connectivity index (χ2v) is 5.05. The Morgan fingerprint density at radius 3 is 2.63 bits per heavy atom. The molecule has 1 amide bonds. The fraction of sp³-hybridized carbons (Fsp3) is 0.727. The molecule has 2 rings (SSSR count). The Labute approximate surface area is 110 Å². The van der Waals surface area contributed by atoms with Crippen molar-refractivity contribution in [3.8, 4) is 0 Å². The van der Waals surface area contributed by atoms with Crippen LogP contribution < -0.4 is 5.32 Å². The number of H-pyrrole nitrogens is 1. The molecule has 0 bridgehead atoms. The van der Waals surface area contributed by atoms with E-state index in [1.807, 2.05) is 0 Å². The van der Waals surface area contributed by atoms with Crippen molar-refractivity contribution >= 4 is 11.9 Å². The first kappa shape index (κ1) is 13.4. The first-order valence-electron chi connectivity index (χ1n) is 6.35. The molecule has 1 aromatic heterocycles. The lowest BCUT2D eigenvalue weighted by Crippen LogP contribution is -2.40. The third-order valence-corrected chi connectivity index (χ3v) is 3.61. The molecule has 0 unspecified atom stereocenters. The van der Waals surface area contributed by atoms with Crippen LogP contribution in [-0.2, 0) is 4.79 Å². The van der Waals surface area contributed by atoms with Crippen molar-refractivity contribution in [1.29, 1.82) is 0 Å². The van der Waals surface area contributed by atoms with E-state index >= 15 is 0 Å². The van der Waals surface area contributed by atoms with Crippen molar-refractivity contribution in [2.45, 2.75) is 38.5 Å². The fourth-order valence-corrected chi connectivity index (χ4v) is 2.64. The Balaban J connectivity index is 1.96. The SMILES string of the molecule is O=C(O)CC1(CNC(=O)c2nn[nH]n2)CCCCC1. The zero-order chi connectivity index (χ0) is 13.7. The molecule has 19 heavy (non-hydrogen) atoms. The lowest BCUT2D eigenvalue weighted by molar-refractivity contribution is -0.140. The zero-order valence-corrected chi connectivity index (χ0v) is 10.6. The maximum Gasteiger partial charge on any atom is 0.303 e. The summed E-state index contributed by atoms with van der Waals surface area (Å²) in [6.07, 6.45) is 4.87. The summed E-state index contributed by atoms with van der Waals surface area (Å²) < 4.78 is 0. The van der Waals surface area contributed by atoms with Gasteiger partial charge in [0.25, 0.3) is 11.7 Å². The summed E-state index contributed by atoms with van der Waals surface area (Å²) in [5.41, 5.74) is -0.344. The smallest absolute Gasteiger partial charge is 0.303 e. The molecule has 1 saturated carbocycles. The van der Waals surface area contributed by atoms with Crippen molar-refractivity contribution in [2.75, 3.05) is 6.54 Å². The van der Waals surface area contributed by atoms with Crippen molar-refractivity contribution in [1.82, 2.24) is 25.9 Å². The summed E-state index contributed by atoms with van der Waals surface area (Å²) in [7, 11) is 0. The Kier molecular flexibility index (Phi) is 4.08. The molecule has 1 aliphatic carbocycles. The van der Waals surface area contributed by atoms with Gasteiger partial charge < -0.3 is 10.4 Å². The Morgan fingerprint density at radius 1 is 1.32 bits per heavy atom. The third kappa shape index (κ3) is 3.49. The van der Waals surface area contributed by atoms with Crippen LogP contribution in [0.4, 0.5) is 0 Å². The Hall–Kier alpha value is -1.99. The Morgan fingerprint density at radius 2 is 2.05 bits per heavy atom. The monoisotopic (exact) mass is 267 g/mol. The number of hydrogen-bond acceptors (Lipinski definition) is 5. The van der Waals surface area contributed by atoms with Gasteiger partial charge in [0.1, 0.15) is 0 Å². The van der Waals surface area contributed by atoms with Gasteiger partial charge >= 0.3 is 5.97 Å². The Bertz CT molecular complexity index is 439. The molecule has 0 saturated heterocycles. The first-order chi connectivity index (χ1) is 9.11. The summed E-state index contributed by atoms with van der Waals surface area (Å²) in [6.45, 7) is 0.340. The molecule has 1 aromatic rings. The van der Waals surface area contributed by atoms with Gasteiger partial charge in [-0.15, -0.1) is 10.2 Å². The molecule has 0 aliphatic heterocycles. The summed E-state index contributed by atoms with van der Waals surface area (Å²) in [4.78, 5) is 22.7. The number of aliphatic carboxylic acids is 1. The van der Waals surface area contributed by atoms with Crippen LogP contribution in [0.1, 0.15) is 49.1 Å². The molecule has 1 fully saturated rings. The lowest BCUT2D eigenvalue weighted by Gasteiger charge is -2.36. The minimum absolute atomic E-state index is 0.0266. The van der Waals surface area contributed by atoms with Gasteiger partial charge in [-0.25, -0.2) is 0 Å².